The number of nitrogens with zero attached hydrogens (tertiary/aromatic N) is 2. The largest absolute Gasteiger partial charge is 0.494 e. The Morgan fingerprint density at radius 1 is 1.47 bits per heavy atom. The van der Waals surface area contributed by atoms with Crippen molar-refractivity contribution in [3.8, 4) is 11.4 Å². The van der Waals surface area contributed by atoms with E-state index < -0.39 is 5.82 Å². The van der Waals surface area contributed by atoms with Gasteiger partial charge in [0.15, 0.2) is 11.6 Å². The summed E-state index contributed by atoms with van der Waals surface area (Å²) in [7, 11) is 1.43. The number of methoxy groups -OCH3 is 1. The van der Waals surface area contributed by atoms with Crippen molar-refractivity contribution < 1.29 is 9.13 Å². The third-order valence-electron chi connectivity index (χ3n) is 2.55. The van der Waals surface area contributed by atoms with Crippen LogP contribution in [0.2, 0.25) is 0 Å². The zero-order valence-electron chi connectivity index (χ0n) is 9.72. The Morgan fingerprint density at radius 2 is 2.24 bits per heavy atom. The van der Waals surface area contributed by atoms with E-state index in [2.05, 4.69) is 4.98 Å². The number of benzene rings is 1. The fourth-order valence-corrected chi connectivity index (χ4v) is 1.66. The van der Waals surface area contributed by atoms with Gasteiger partial charge in [-0.15, -0.1) is 0 Å². The molecule has 90 valence electrons. The third-order valence-corrected chi connectivity index (χ3v) is 2.55. The van der Waals surface area contributed by atoms with Gasteiger partial charge in [0.2, 0.25) is 0 Å². The lowest BCUT2D eigenvalue weighted by molar-refractivity contribution is 0.386. The Balaban J connectivity index is 2.49. The van der Waals surface area contributed by atoms with Crippen LogP contribution in [0.25, 0.3) is 5.69 Å². The van der Waals surface area contributed by atoms with Crippen LogP contribution in [0, 0.1) is 5.82 Å². The van der Waals surface area contributed by atoms with Crippen LogP contribution in [-0.4, -0.2) is 16.7 Å². The maximum Gasteiger partial charge on any atom is 0.165 e. The fourth-order valence-electron chi connectivity index (χ4n) is 1.66. The summed E-state index contributed by atoms with van der Waals surface area (Å²) in [6.07, 6.45) is 3.34. The molecule has 0 aliphatic rings. The minimum Gasteiger partial charge on any atom is -0.494 e. The first-order chi connectivity index (χ1) is 8.13. The molecule has 2 aromatic rings. The van der Waals surface area contributed by atoms with Crippen molar-refractivity contribution in [1.29, 1.82) is 0 Å². The molecule has 1 aromatic heterocycles. The highest BCUT2D eigenvalue weighted by molar-refractivity contribution is 5.41. The topological polar surface area (TPSA) is 53.1 Å². The van der Waals surface area contributed by atoms with Crippen LogP contribution < -0.4 is 10.5 Å². The molecule has 0 aliphatic heterocycles. The van der Waals surface area contributed by atoms with Gasteiger partial charge in [-0.2, -0.15) is 0 Å². The highest BCUT2D eigenvalue weighted by Gasteiger charge is 2.10. The molecule has 0 aliphatic carbocycles. The molecule has 2 rings (SSSR count). The van der Waals surface area contributed by atoms with Crippen molar-refractivity contribution >= 4 is 0 Å². The molecule has 0 radical (unpaired) electrons. The summed E-state index contributed by atoms with van der Waals surface area (Å²) < 4.78 is 20.1. The lowest BCUT2D eigenvalue weighted by atomic mass is 10.2. The minimum atomic E-state index is -0.390. The van der Waals surface area contributed by atoms with Gasteiger partial charge >= 0.3 is 0 Å². The van der Waals surface area contributed by atoms with Crippen molar-refractivity contribution in [1.82, 2.24) is 9.55 Å². The van der Waals surface area contributed by atoms with Gasteiger partial charge in [-0.1, -0.05) is 0 Å². The van der Waals surface area contributed by atoms with Crippen molar-refractivity contribution in [3.63, 3.8) is 0 Å². The zero-order valence-corrected chi connectivity index (χ0v) is 9.72. The van der Waals surface area contributed by atoms with Crippen molar-refractivity contribution in [2.24, 2.45) is 5.73 Å². The quantitative estimate of drug-likeness (QED) is 0.885. The highest BCUT2D eigenvalue weighted by atomic mass is 19.1. The first-order valence-corrected chi connectivity index (χ1v) is 5.25. The summed E-state index contributed by atoms with van der Waals surface area (Å²) in [4.78, 5) is 4.05. The lowest BCUT2D eigenvalue weighted by Crippen LogP contribution is -2.10. The minimum absolute atomic E-state index is 0.145. The van der Waals surface area contributed by atoms with Crippen molar-refractivity contribution in [3.05, 3.63) is 42.2 Å². The Kier molecular flexibility index (Phi) is 3.10. The van der Waals surface area contributed by atoms with E-state index >= 15 is 0 Å². The van der Waals surface area contributed by atoms with Crippen LogP contribution >= 0.6 is 0 Å². The molecule has 0 unspecified atom stereocenters. The fraction of sp³-hybridized carbons (Fsp3) is 0.250. The Labute approximate surface area is 98.8 Å². The first-order valence-electron chi connectivity index (χ1n) is 5.25. The molecule has 4 nitrogen and oxygen atoms in total. The lowest BCUT2D eigenvalue weighted by Gasteiger charge is -2.12. The highest BCUT2D eigenvalue weighted by Crippen LogP contribution is 2.23. The number of aromatic nitrogens is 2. The molecular formula is C12H14FN3O. The first kappa shape index (κ1) is 11.6. The molecule has 0 amide bonds. The number of nitrogens with two attached hydrogens (primary N) is 1. The molecule has 5 heteroatoms. The van der Waals surface area contributed by atoms with Gasteiger partial charge < -0.3 is 15.0 Å². The van der Waals surface area contributed by atoms with E-state index in [4.69, 9.17) is 10.5 Å². The van der Waals surface area contributed by atoms with Gasteiger partial charge in [-0.3, -0.25) is 0 Å². The average molecular weight is 235 g/mol. The van der Waals surface area contributed by atoms with E-state index in [1.807, 2.05) is 11.5 Å². The van der Waals surface area contributed by atoms with E-state index in [-0.39, 0.29) is 11.8 Å². The third kappa shape index (κ3) is 2.14. The van der Waals surface area contributed by atoms with E-state index in [0.29, 0.717) is 0 Å². The van der Waals surface area contributed by atoms with Gasteiger partial charge in [0.25, 0.3) is 0 Å². The SMILES string of the molecule is COc1cc(-n2cncc2[C@H](C)N)ccc1F. The van der Waals surface area contributed by atoms with Crippen LogP contribution in [0.4, 0.5) is 4.39 Å². The summed E-state index contributed by atoms with van der Waals surface area (Å²) in [6, 6.07) is 4.49. The summed E-state index contributed by atoms with van der Waals surface area (Å²) in [5.74, 6) is -0.189. The molecule has 1 heterocycles. The Hall–Kier alpha value is -1.88. The summed E-state index contributed by atoms with van der Waals surface area (Å²) in [6.45, 7) is 1.87. The van der Waals surface area contributed by atoms with Crippen LogP contribution in [0.5, 0.6) is 5.75 Å². The van der Waals surface area contributed by atoms with Gasteiger partial charge in [-0.25, -0.2) is 9.37 Å². The molecule has 17 heavy (non-hydrogen) atoms. The molecule has 1 atom stereocenters. The van der Waals surface area contributed by atoms with E-state index in [9.17, 15) is 4.39 Å². The molecule has 0 saturated carbocycles. The number of halogens is 1. The molecule has 2 N–H and O–H groups in total. The smallest absolute Gasteiger partial charge is 0.165 e. The predicted octanol–water partition coefficient (Wildman–Crippen LogP) is 2.04. The average Bonchev–Trinajstić information content (AvgIpc) is 2.78. The van der Waals surface area contributed by atoms with Crippen molar-refractivity contribution in [2.75, 3.05) is 7.11 Å². The molecule has 0 saturated heterocycles. The maximum absolute atomic E-state index is 13.3. The second-order valence-corrected chi connectivity index (χ2v) is 3.80. The monoisotopic (exact) mass is 235 g/mol. The number of hydrogen-bond donors (Lipinski definition) is 1. The van der Waals surface area contributed by atoms with Gasteiger partial charge in [0, 0.05) is 12.1 Å². The standard InChI is InChI=1S/C12H14FN3O/c1-8(14)11-6-15-7-16(11)9-3-4-10(13)12(5-9)17-2/h3-8H,14H2,1-2H3/t8-/m0/s1. The van der Waals surface area contributed by atoms with E-state index in [0.717, 1.165) is 11.4 Å². The number of imidazole rings is 1. The molecule has 1 aromatic carbocycles. The van der Waals surface area contributed by atoms with Crippen LogP contribution in [0.15, 0.2) is 30.7 Å². The van der Waals surface area contributed by atoms with Crippen LogP contribution in [0.1, 0.15) is 18.7 Å². The van der Waals surface area contributed by atoms with E-state index in [1.54, 1.807) is 24.7 Å². The Morgan fingerprint density at radius 3 is 2.88 bits per heavy atom. The Bertz CT molecular complexity index is 522. The summed E-state index contributed by atoms with van der Waals surface area (Å²) >= 11 is 0. The van der Waals surface area contributed by atoms with Crippen molar-refractivity contribution in [2.45, 2.75) is 13.0 Å². The number of ether oxygens (including phenoxy) is 1. The molecule has 0 bridgehead atoms. The van der Waals surface area contributed by atoms with E-state index in [1.165, 1.54) is 13.2 Å². The molecule has 0 fully saturated rings. The second kappa shape index (κ2) is 4.55. The predicted molar refractivity (Wildman–Crippen MR) is 62.7 cm³/mol. The number of rotatable bonds is 3. The normalized spacial score (nSPS) is 12.5. The summed E-state index contributed by atoms with van der Waals surface area (Å²) in [5.41, 5.74) is 7.46. The van der Waals surface area contributed by atoms with Gasteiger partial charge in [0.1, 0.15) is 0 Å². The molecular weight excluding hydrogens is 221 g/mol. The van der Waals surface area contributed by atoms with Crippen LogP contribution in [0.3, 0.4) is 0 Å². The van der Waals surface area contributed by atoms with Crippen LogP contribution in [-0.2, 0) is 0 Å². The summed E-state index contributed by atoms with van der Waals surface area (Å²) in [5, 5.41) is 0. The molecule has 0 spiro atoms. The van der Waals surface area contributed by atoms with Gasteiger partial charge in [0.05, 0.1) is 31.0 Å². The second-order valence-electron chi connectivity index (χ2n) is 3.80. The zero-order chi connectivity index (χ0) is 12.4. The maximum atomic E-state index is 13.3. The van der Waals surface area contributed by atoms with Gasteiger partial charge in [-0.05, 0) is 19.1 Å². The number of hydrogen-bond acceptors (Lipinski definition) is 3.